The van der Waals surface area contributed by atoms with Gasteiger partial charge in [0.2, 0.25) is 5.95 Å². The second kappa shape index (κ2) is 6.48. The highest BCUT2D eigenvalue weighted by Crippen LogP contribution is 2.26. The molecule has 3 heterocycles. The summed E-state index contributed by atoms with van der Waals surface area (Å²) in [6.45, 7) is 2.58. The summed E-state index contributed by atoms with van der Waals surface area (Å²) in [5.41, 5.74) is 2.13. The number of amides is 1. The summed E-state index contributed by atoms with van der Waals surface area (Å²) < 4.78 is 7.28. The van der Waals surface area contributed by atoms with Crippen LogP contribution < -0.4 is 5.32 Å². The zero-order chi connectivity index (χ0) is 17.2. The van der Waals surface area contributed by atoms with E-state index in [1.807, 2.05) is 37.3 Å². The van der Waals surface area contributed by atoms with E-state index in [0.29, 0.717) is 11.4 Å². The van der Waals surface area contributed by atoms with Gasteiger partial charge in [0.25, 0.3) is 5.91 Å². The molecule has 1 amide bonds. The van der Waals surface area contributed by atoms with Crippen LogP contribution in [0.2, 0.25) is 0 Å². The van der Waals surface area contributed by atoms with E-state index < -0.39 is 0 Å². The zero-order valence-corrected chi connectivity index (χ0v) is 13.8. The molecule has 0 spiro atoms. The average Bonchev–Trinajstić information content (AvgIpc) is 3.35. The Balaban J connectivity index is 1.51. The summed E-state index contributed by atoms with van der Waals surface area (Å²) in [6, 6.07) is 9.66. The van der Waals surface area contributed by atoms with E-state index in [2.05, 4.69) is 25.6 Å². The van der Waals surface area contributed by atoms with Crippen molar-refractivity contribution in [3.63, 3.8) is 0 Å². The largest absolute Gasteiger partial charge is 0.370 e. The van der Waals surface area contributed by atoms with Gasteiger partial charge < -0.3 is 4.74 Å². The molecule has 1 aromatic carbocycles. The number of nitrogens with one attached hydrogen (secondary N) is 2. The monoisotopic (exact) mass is 338 g/mol. The van der Waals surface area contributed by atoms with Crippen LogP contribution in [0.1, 0.15) is 40.8 Å². The molecule has 0 unspecified atom stereocenters. The minimum absolute atomic E-state index is 0.0688. The van der Waals surface area contributed by atoms with Gasteiger partial charge in [-0.1, -0.05) is 18.2 Å². The Morgan fingerprint density at radius 3 is 2.96 bits per heavy atom. The van der Waals surface area contributed by atoms with Crippen LogP contribution in [0.3, 0.4) is 0 Å². The molecule has 0 radical (unpaired) electrons. The van der Waals surface area contributed by atoms with Crippen LogP contribution in [0.25, 0.3) is 5.69 Å². The highest BCUT2D eigenvalue weighted by Gasteiger charge is 2.22. The molecule has 1 atom stereocenters. The maximum absolute atomic E-state index is 12.5. The molecule has 2 N–H and O–H groups in total. The van der Waals surface area contributed by atoms with Crippen molar-refractivity contribution >= 4 is 11.9 Å². The SMILES string of the molecule is Cc1c(C(=O)Nc2n[nH]c([C@@H]3CCCO3)n2)cnn1-c1ccccc1. The van der Waals surface area contributed by atoms with Crippen molar-refractivity contribution in [2.75, 3.05) is 11.9 Å². The number of hydrogen-bond acceptors (Lipinski definition) is 5. The Morgan fingerprint density at radius 2 is 2.20 bits per heavy atom. The molecule has 4 rings (SSSR count). The van der Waals surface area contributed by atoms with E-state index in [1.165, 1.54) is 0 Å². The molecule has 1 aliphatic heterocycles. The number of nitrogens with zero attached hydrogens (tertiary/aromatic N) is 4. The smallest absolute Gasteiger partial charge is 0.261 e. The second-order valence-electron chi connectivity index (χ2n) is 5.89. The van der Waals surface area contributed by atoms with Crippen LogP contribution in [0.5, 0.6) is 0 Å². The van der Waals surface area contributed by atoms with Gasteiger partial charge in [0.15, 0.2) is 5.82 Å². The molecule has 128 valence electrons. The number of carbonyl (C=O) groups is 1. The van der Waals surface area contributed by atoms with E-state index in [-0.39, 0.29) is 18.0 Å². The van der Waals surface area contributed by atoms with Crippen molar-refractivity contribution in [3.05, 3.63) is 53.6 Å². The normalized spacial score (nSPS) is 16.9. The predicted octanol–water partition coefficient (Wildman–Crippen LogP) is 2.40. The molecule has 3 aromatic rings. The predicted molar refractivity (Wildman–Crippen MR) is 90.6 cm³/mol. The fourth-order valence-corrected chi connectivity index (χ4v) is 2.90. The van der Waals surface area contributed by atoms with Gasteiger partial charge in [-0.15, -0.1) is 5.10 Å². The summed E-state index contributed by atoms with van der Waals surface area (Å²) >= 11 is 0. The van der Waals surface area contributed by atoms with E-state index in [0.717, 1.165) is 30.8 Å². The van der Waals surface area contributed by atoms with Gasteiger partial charge in [-0.2, -0.15) is 10.1 Å². The topological polar surface area (TPSA) is 97.7 Å². The number of aromatic nitrogens is 5. The van der Waals surface area contributed by atoms with Crippen LogP contribution >= 0.6 is 0 Å². The lowest BCUT2D eigenvalue weighted by atomic mass is 10.2. The lowest BCUT2D eigenvalue weighted by Gasteiger charge is -2.05. The van der Waals surface area contributed by atoms with Crippen molar-refractivity contribution in [2.45, 2.75) is 25.9 Å². The highest BCUT2D eigenvalue weighted by atomic mass is 16.5. The van der Waals surface area contributed by atoms with Crippen molar-refractivity contribution < 1.29 is 9.53 Å². The first-order chi connectivity index (χ1) is 12.2. The van der Waals surface area contributed by atoms with Crippen molar-refractivity contribution in [2.24, 2.45) is 0 Å². The molecule has 8 heteroatoms. The molecule has 0 aliphatic carbocycles. The standard InChI is InChI=1S/C17H18N6O2/c1-11-13(10-18-23(11)12-6-3-2-4-7-12)16(24)20-17-19-15(21-22-17)14-8-5-9-25-14/h2-4,6-7,10,14H,5,8-9H2,1H3,(H2,19,20,21,22,24)/t14-/m0/s1. The number of carbonyl (C=O) groups excluding carboxylic acids is 1. The maximum atomic E-state index is 12.5. The Morgan fingerprint density at radius 1 is 1.36 bits per heavy atom. The molecule has 8 nitrogen and oxygen atoms in total. The number of anilines is 1. The molecular weight excluding hydrogens is 320 g/mol. The lowest BCUT2D eigenvalue weighted by Crippen LogP contribution is -2.14. The highest BCUT2D eigenvalue weighted by molar-refractivity contribution is 6.04. The quantitative estimate of drug-likeness (QED) is 0.761. The summed E-state index contributed by atoms with van der Waals surface area (Å²) in [4.78, 5) is 16.8. The summed E-state index contributed by atoms with van der Waals surface area (Å²) in [6.07, 6.45) is 3.39. The fraction of sp³-hybridized carbons (Fsp3) is 0.294. The fourth-order valence-electron chi connectivity index (χ4n) is 2.90. The van der Waals surface area contributed by atoms with Crippen LogP contribution in [0.4, 0.5) is 5.95 Å². The third kappa shape index (κ3) is 3.03. The van der Waals surface area contributed by atoms with Crippen LogP contribution in [0.15, 0.2) is 36.5 Å². The number of benzene rings is 1. The van der Waals surface area contributed by atoms with Crippen molar-refractivity contribution in [3.8, 4) is 5.69 Å². The molecule has 1 aliphatic rings. The first-order valence-electron chi connectivity index (χ1n) is 8.17. The molecule has 2 aromatic heterocycles. The van der Waals surface area contributed by atoms with Gasteiger partial charge in [0.1, 0.15) is 6.10 Å². The summed E-state index contributed by atoms with van der Waals surface area (Å²) in [5.74, 6) is 0.587. The van der Waals surface area contributed by atoms with Gasteiger partial charge in [0, 0.05) is 6.61 Å². The lowest BCUT2D eigenvalue weighted by molar-refractivity contribution is 0.102. The molecule has 1 saturated heterocycles. The third-order valence-electron chi connectivity index (χ3n) is 4.22. The minimum atomic E-state index is -0.294. The Kier molecular flexibility index (Phi) is 4.02. The molecular formula is C17H18N6O2. The number of aromatic amines is 1. The molecule has 0 saturated carbocycles. The first kappa shape index (κ1) is 15.5. The summed E-state index contributed by atoms with van der Waals surface area (Å²) in [5, 5.41) is 13.9. The minimum Gasteiger partial charge on any atom is -0.370 e. The Hall–Kier alpha value is -3.00. The number of ether oxygens (including phenoxy) is 1. The Bertz CT molecular complexity index is 880. The number of hydrogen-bond donors (Lipinski definition) is 2. The first-order valence-corrected chi connectivity index (χ1v) is 8.17. The maximum Gasteiger partial charge on any atom is 0.261 e. The van der Waals surface area contributed by atoms with Gasteiger partial charge >= 0.3 is 0 Å². The van der Waals surface area contributed by atoms with Crippen LogP contribution in [-0.2, 0) is 4.74 Å². The van der Waals surface area contributed by atoms with Crippen molar-refractivity contribution in [1.82, 2.24) is 25.0 Å². The molecule has 1 fully saturated rings. The van der Waals surface area contributed by atoms with E-state index in [4.69, 9.17) is 4.74 Å². The van der Waals surface area contributed by atoms with Crippen LogP contribution in [0, 0.1) is 6.92 Å². The van der Waals surface area contributed by atoms with Gasteiger partial charge in [-0.05, 0) is 31.9 Å². The average molecular weight is 338 g/mol. The second-order valence-corrected chi connectivity index (χ2v) is 5.89. The zero-order valence-electron chi connectivity index (χ0n) is 13.8. The van der Waals surface area contributed by atoms with E-state index in [1.54, 1.807) is 10.9 Å². The number of H-pyrrole nitrogens is 1. The molecule has 25 heavy (non-hydrogen) atoms. The van der Waals surface area contributed by atoms with Gasteiger partial charge in [-0.25, -0.2) is 4.68 Å². The van der Waals surface area contributed by atoms with Gasteiger partial charge in [-0.3, -0.25) is 15.2 Å². The number of rotatable bonds is 4. The summed E-state index contributed by atoms with van der Waals surface area (Å²) in [7, 11) is 0. The van der Waals surface area contributed by atoms with Crippen molar-refractivity contribution in [1.29, 1.82) is 0 Å². The van der Waals surface area contributed by atoms with E-state index in [9.17, 15) is 4.79 Å². The van der Waals surface area contributed by atoms with E-state index >= 15 is 0 Å². The number of para-hydroxylation sites is 1. The Labute approximate surface area is 144 Å². The third-order valence-corrected chi connectivity index (χ3v) is 4.22. The molecule has 0 bridgehead atoms. The van der Waals surface area contributed by atoms with Crippen LogP contribution in [-0.4, -0.2) is 37.5 Å². The van der Waals surface area contributed by atoms with Gasteiger partial charge in [0.05, 0.1) is 23.1 Å².